The van der Waals surface area contributed by atoms with E-state index in [0.29, 0.717) is 6.10 Å². The molecule has 3 atom stereocenters. The minimum absolute atomic E-state index is 0.0826. The molecule has 0 bridgehead atoms. The first-order valence-electron chi connectivity index (χ1n) is 6.71. The van der Waals surface area contributed by atoms with Crippen molar-refractivity contribution < 1.29 is 9.84 Å². The van der Waals surface area contributed by atoms with Gasteiger partial charge in [-0.25, -0.2) is 0 Å². The summed E-state index contributed by atoms with van der Waals surface area (Å²) in [6.45, 7) is 5.01. The van der Waals surface area contributed by atoms with Gasteiger partial charge in [-0.3, -0.25) is 0 Å². The summed E-state index contributed by atoms with van der Waals surface area (Å²) in [5.41, 5.74) is 0.717. The highest BCUT2D eigenvalue weighted by Crippen LogP contribution is 2.22. The fraction of sp³-hybridized carbons (Fsp3) is 0.600. The zero-order chi connectivity index (χ0) is 13.0. The van der Waals surface area contributed by atoms with Crippen molar-refractivity contribution in [2.45, 2.75) is 44.4 Å². The van der Waals surface area contributed by atoms with E-state index in [2.05, 4.69) is 12.2 Å². The summed E-state index contributed by atoms with van der Waals surface area (Å²) in [4.78, 5) is 0. The van der Waals surface area contributed by atoms with E-state index in [1.54, 1.807) is 0 Å². The van der Waals surface area contributed by atoms with E-state index >= 15 is 0 Å². The van der Waals surface area contributed by atoms with Crippen LogP contribution in [0.1, 0.15) is 32.3 Å². The summed E-state index contributed by atoms with van der Waals surface area (Å²) in [7, 11) is 0. The largest absolute Gasteiger partial charge is 0.394 e. The molecule has 0 saturated carbocycles. The van der Waals surface area contributed by atoms with Gasteiger partial charge in [0.15, 0.2) is 0 Å². The molecule has 0 amide bonds. The number of ether oxygens (including phenoxy) is 1. The molecule has 0 radical (unpaired) electrons. The second kappa shape index (κ2) is 5.83. The predicted octanol–water partition coefficient (Wildman–Crippen LogP) is 2.05. The van der Waals surface area contributed by atoms with Gasteiger partial charge in [-0.1, -0.05) is 30.3 Å². The van der Waals surface area contributed by atoms with Crippen molar-refractivity contribution in [3.05, 3.63) is 35.9 Å². The highest BCUT2D eigenvalue weighted by atomic mass is 16.5. The maximum absolute atomic E-state index is 9.66. The summed E-state index contributed by atoms with van der Waals surface area (Å²) in [5, 5.41) is 13.1. The van der Waals surface area contributed by atoms with Gasteiger partial charge in [0.1, 0.15) is 0 Å². The van der Waals surface area contributed by atoms with Gasteiger partial charge in [0, 0.05) is 6.54 Å². The lowest BCUT2D eigenvalue weighted by atomic mass is 9.92. The lowest BCUT2D eigenvalue weighted by Crippen LogP contribution is -2.46. The fourth-order valence-corrected chi connectivity index (χ4v) is 2.43. The van der Waals surface area contributed by atoms with Gasteiger partial charge >= 0.3 is 0 Å². The Balaban J connectivity index is 1.96. The Morgan fingerprint density at radius 3 is 2.61 bits per heavy atom. The summed E-state index contributed by atoms with van der Waals surface area (Å²) >= 11 is 0. The van der Waals surface area contributed by atoms with Crippen LogP contribution < -0.4 is 5.32 Å². The van der Waals surface area contributed by atoms with Crippen LogP contribution in [0.4, 0.5) is 0 Å². The average molecular weight is 249 g/mol. The van der Waals surface area contributed by atoms with Crippen LogP contribution >= 0.6 is 0 Å². The van der Waals surface area contributed by atoms with E-state index in [0.717, 1.165) is 24.9 Å². The van der Waals surface area contributed by atoms with Crippen molar-refractivity contribution in [2.75, 3.05) is 13.2 Å². The number of rotatable bonds is 5. The third-order valence-electron chi connectivity index (χ3n) is 3.77. The minimum atomic E-state index is -0.392. The van der Waals surface area contributed by atoms with Crippen molar-refractivity contribution in [2.24, 2.45) is 0 Å². The molecule has 1 aliphatic heterocycles. The highest BCUT2D eigenvalue weighted by molar-refractivity contribution is 5.23. The van der Waals surface area contributed by atoms with Crippen LogP contribution in [0.2, 0.25) is 0 Å². The Kier molecular flexibility index (Phi) is 4.38. The molecular weight excluding hydrogens is 226 g/mol. The molecule has 0 aromatic heterocycles. The monoisotopic (exact) mass is 249 g/mol. The molecule has 3 nitrogen and oxygen atoms in total. The Morgan fingerprint density at radius 2 is 2.06 bits per heavy atom. The average Bonchev–Trinajstić information content (AvgIpc) is 2.83. The first kappa shape index (κ1) is 13.5. The molecule has 2 rings (SSSR count). The molecule has 2 N–H and O–H groups in total. The van der Waals surface area contributed by atoms with Crippen LogP contribution in [-0.4, -0.2) is 30.5 Å². The molecule has 0 spiro atoms. The first-order valence-corrected chi connectivity index (χ1v) is 6.71. The van der Waals surface area contributed by atoms with E-state index in [9.17, 15) is 5.11 Å². The maximum atomic E-state index is 9.66. The molecule has 1 heterocycles. The van der Waals surface area contributed by atoms with E-state index in [4.69, 9.17) is 4.74 Å². The number of hydrogen-bond acceptors (Lipinski definition) is 3. The second-order valence-electron chi connectivity index (χ2n) is 5.38. The molecule has 18 heavy (non-hydrogen) atoms. The van der Waals surface area contributed by atoms with Crippen LogP contribution in [0.5, 0.6) is 0 Å². The van der Waals surface area contributed by atoms with Crippen molar-refractivity contribution in [1.29, 1.82) is 0 Å². The number of benzene rings is 1. The zero-order valence-electron chi connectivity index (χ0n) is 11.2. The van der Waals surface area contributed by atoms with Crippen molar-refractivity contribution in [3.63, 3.8) is 0 Å². The fourth-order valence-electron chi connectivity index (χ4n) is 2.43. The van der Waals surface area contributed by atoms with Crippen LogP contribution in [0.25, 0.3) is 0 Å². The van der Waals surface area contributed by atoms with Crippen molar-refractivity contribution in [3.8, 4) is 0 Å². The summed E-state index contributed by atoms with van der Waals surface area (Å²) in [6.07, 6.45) is 2.88. The van der Waals surface area contributed by atoms with Crippen molar-refractivity contribution in [1.82, 2.24) is 5.32 Å². The van der Waals surface area contributed by atoms with Gasteiger partial charge in [0.05, 0.1) is 24.4 Å². The molecule has 1 aliphatic rings. The SMILES string of the molecule is CC1CCC(CNC(C)(CO)c2ccccc2)O1. The van der Waals surface area contributed by atoms with Gasteiger partial charge in [0.25, 0.3) is 0 Å². The van der Waals surface area contributed by atoms with E-state index in [1.165, 1.54) is 0 Å². The van der Waals surface area contributed by atoms with Gasteiger partial charge in [-0.05, 0) is 32.3 Å². The molecule has 3 heteroatoms. The lowest BCUT2D eigenvalue weighted by molar-refractivity contribution is 0.0466. The van der Waals surface area contributed by atoms with Gasteiger partial charge in [0.2, 0.25) is 0 Å². The predicted molar refractivity (Wildman–Crippen MR) is 72.5 cm³/mol. The normalized spacial score (nSPS) is 27.1. The third-order valence-corrected chi connectivity index (χ3v) is 3.77. The number of hydrogen-bond donors (Lipinski definition) is 2. The summed E-state index contributed by atoms with van der Waals surface area (Å²) in [6, 6.07) is 10.1. The lowest BCUT2D eigenvalue weighted by Gasteiger charge is -2.30. The van der Waals surface area contributed by atoms with E-state index in [1.807, 2.05) is 37.3 Å². The van der Waals surface area contributed by atoms with Gasteiger partial charge < -0.3 is 15.2 Å². The van der Waals surface area contributed by atoms with Gasteiger partial charge in [-0.2, -0.15) is 0 Å². The summed E-state index contributed by atoms with van der Waals surface area (Å²) < 4.78 is 5.79. The molecule has 1 aromatic rings. The van der Waals surface area contributed by atoms with E-state index < -0.39 is 5.54 Å². The van der Waals surface area contributed by atoms with E-state index in [-0.39, 0.29) is 12.7 Å². The Hall–Kier alpha value is -0.900. The smallest absolute Gasteiger partial charge is 0.0704 e. The molecule has 1 aromatic carbocycles. The molecular formula is C15H23NO2. The summed E-state index contributed by atoms with van der Waals surface area (Å²) in [5.74, 6) is 0. The molecule has 1 fully saturated rings. The van der Waals surface area contributed by atoms with Crippen molar-refractivity contribution >= 4 is 0 Å². The topological polar surface area (TPSA) is 41.5 Å². The quantitative estimate of drug-likeness (QED) is 0.839. The maximum Gasteiger partial charge on any atom is 0.0704 e. The zero-order valence-corrected chi connectivity index (χ0v) is 11.2. The molecule has 3 unspecified atom stereocenters. The molecule has 100 valence electrons. The Bertz CT molecular complexity index is 368. The third kappa shape index (κ3) is 3.10. The number of aliphatic hydroxyl groups excluding tert-OH is 1. The number of aliphatic hydroxyl groups is 1. The van der Waals surface area contributed by atoms with Crippen LogP contribution in [0.15, 0.2) is 30.3 Å². The highest BCUT2D eigenvalue weighted by Gasteiger charge is 2.28. The molecule has 1 saturated heterocycles. The standard InChI is InChI=1S/C15H23NO2/c1-12-8-9-14(18-12)10-16-15(2,11-17)13-6-4-3-5-7-13/h3-7,12,14,16-17H,8-11H2,1-2H3. The minimum Gasteiger partial charge on any atom is -0.394 e. The van der Waals surface area contributed by atoms with Crippen LogP contribution in [0, 0.1) is 0 Å². The first-order chi connectivity index (χ1) is 8.64. The second-order valence-corrected chi connectivity index (χ2v) is 5.38. The van der Waals surface area contributed by atoms with Crippen LogP contribution in [-0.2, 0) is 10.3 Å². The molecule has 0 aliphatic carbocycles. The van der Waals surface area contributed by atoms with Gasteiger partial charge in [-0.15, -0.1) is 0 Å². The Morgan fingerprint density at radius 1 is 1.33 bits per heavy atom. The Labute approximate surface area is 109 Å². The van der Waals surface area contributed by atoms with Crippen LogP contribution in [0.3, 0.4) is 0 Å². The number of nitrogens with one attached hydrogen (secondary N) is 1.